The van der Waals surface area contributed by atoms with Crippen LogP contribution >= 0.6 is 0 Å². The van der Waals surface area contributed by atoms with Gasteiger partial charge < -0.3 is 24.3 Å². The molecule has 11 nitrogen and oxygen atoms in total. The molecule has 1 rings (SSSR count). The van der Waals surface area contributed by atoms with Crippen molar-refractivity contribution in [2.24, 2.45) is 0 Å². The summed E-state index contributed by atoms with van der Waals surface area (Å²) in [5.41, 5.74) is -1.87. The van der Waals surface area contributed by atoms with Crippen LogP contribution in [0.5, 0.6) is 5.75 Å². The lowest BCUT2D eigenvalue weighted by Crippen LogP contribution is -2.47. The molecule has 0 saturated heterocycles. The van der Waals surface area contributed by atoms with Crippen molar-refractivity contribution in [1.82, 2.24) is 5.32 Å². The molecule has 0 radical (unpaired) electrons. The number of hydrogen-bond acceptors (Lipinski definition) is 9. The first-order valence-corrected chi connectivity index (χ1v) is 8.64. The molecule has 1 amide bonds. The van der Waals surface area contributed by atoms with Gasteiger partial charge in [-0.15, -0.1) is 0 Å². The predicted octanol–water partition coefficient (Wildman–Crippen LogP) is 2.11. The normalized spacial score (nSPS) is 12.9. The molecule has 1 aromatic rings. The number of nitrogens with zero attached hydrogens (tertiary/aromatic N) is 1. The van der Waals surface area contributed by atoms with Crippen LogP contribution in [-0.4, -0.2) is 54.9 Å². The Hall–Kier alpha value is -3.44. The van der Waals surface area contributed by atoms with Crippen molar-refractivity contribution in [3.63, 3.8) is 0 Å². The van der Waals surface area contributed by atoms with Crippen molar-refractivity contribution in [3.8, 4) is 5.75 Å². The lowest BCUT2D eigenvalue weighted by molar-refractivity contribution is -0.388. The second kappa shape index (κ2) is 10.4. The van der Waals surface area contributed by atoms with Crippen molar-refractivity contribution in [2.45, 2.75) is 44.9 Å². The molecule has 0 saturated carbocycles. The largest absolute Gasteiger partial charge is 0.471 e. The van der Waals surface area contributed by atoms with Crippen molar-refractivity contribution in [3.05, 3.63) is 34.1 Å². The lowest BCUT2D eigenvalue weighted by atomic mass is 10.1. The summed E-state index contributed by atoms with van der Waals surface area (Å²) in [6.07, 6.45) is -3.13. The van der Waals surface area contributed by atoms with Gasteiger partial charge in [0.15, 0.2) is 6.10 Å². The van der Waals surface area contributed by atoms with Crippen LogP contribution in [0, 0.1) is 15.9 Å². The molecule has 12 heteroatoms. The van der Waals surface area contributed by atoms with E-state index in [1.165, 1.54) is 0 Å². The van der Waals surface area contributed by atoms with Crippen LogP contribution in [0.1, 0.15) is 27.2 Å². The molecule has 2 atom stereocenters. The molecule has 0 heterocycles. The third-order valence-electron chi connectivity index (χ3n) is 3.49. The summed E-state index contributed by atoms with van der Waals surface area (Å²) in [6.45, 7) is 4.80. The maximum atomic E-state index is 13.8. The minimum atomic E-state index is -1.62. The Labute approximate surface area is 171 Å². The van der Waals surface area contributed by atoms with Crippen LogP contribution in [0.25, 0.3) is 0 Å². The number of nitrogens with one attached hydrogen (secondary N) is 1. The van der Waals surface area contributed by atoms with E-state index in [2.05, 4.69) is 14.8 Å². The van der Waals surface area contributed by atoms with Gasteiger partial charge in [0.2, 0.25) is 11.6 Å². The summed E-state index contributed by atoms with van der Waals surface area (Å²) in [5.74, 6) is -3.70. The fraction of sp³-hybridized carbons (Fsp3) is 0.500. The smallest absolute Gasteiger partial charge is 0.408 e. The van der Waals surface area contributed by atoms with E-state index in [0.29, 0.717) is 0 Å². The van der Waals surface area contributed by atoms with Gasteiger partial charge in [0.05, 0.1) is 19.1 Å². The molecule has 30 heavy (non-hydrogen) atoms. The van der Waals surface area contributed by atoms with E-state index in [1.54, 1.807) is 20.8 Å². The molecule has 1 N–H and O–H groups in total. The van der Waals surface area contributed by atoms with E-state index in [9.17, 15) is 28.9 Å². The van der Waals surface area contributed by atoms with Crippen molar-refractivity contribution in [2.75, 3.05) is 14.2 Å². The quantitative estimate of drug-likeness (QED) is 0.284. The third-order valence-corrected chi connectivity index (χ3v) is 3.49. The van der Waals surface area contributed by atoms with Crippen LogP contribution in [0.4, 0.5) is 14.9 Å². The van der Waals surface area contributed by atoms with Gasteiger partial charge in [-0.1, -0.05) is 6.07 Å². The number of benzene rings is 1. The number of ether oxygens (including phenoxy) is 4. The van der Waals surface area contributed by atoms with Crippen LogP contribution in [-0.2, 0) is 23.8 Å². The molecular weight excluding hydrogens is 407 g/mol. The number of amides is 1. The number of carbonyl (C=O) groups excluding carboxylic acids is 3. The third kappa shape index (κ3) is 7.18. The maximum Gasteiger partial charge on any atom is 0.408 e. The highest BCUT2D eigenvalue weighted by molar-refractivity contribution is 5.83. The highest BCUT2D eigenvalue weighted by Gasteiger charge is 2.34. The number of rotatable bonds is 8. The average molecular weight is 430 g/mol. The van der Waals surface area contributed by atoms with E-state index in [1.807, 2.05) is 0 Å². The monoisotopic (exact) mass is 430 g/mol. The zero-order valence-corrected chi connectivity index (χ0v) is 17.1. The Morgan fingerprint density at radius 1 is 1.17 bits per heavy atom. The van der Waals surface area contributed by atoms with Gasteiger partial charge >= 0.3 is 23.7 Å². The highest BCUT2D eigenvalue weighted by atomic mass is 19.1. The number of nitro benzene ring substituents is 1. The van der Waals surface area contributed by atoms with Crippen LogP contribution in [0.15, 0.2) is 18.2 Å². The van der Waals surface area contributed by atoms with E-state index in [-0.39, 0.29) is 0 Å². The van der Waals surface area contributed by atoms with Gasteiger partial charge in [-0.25, -0.2) is 14.4 Å². The van der Waals surface area contributed by atoms with E-state index in [4.69, 9.17) is 9.47 Å². The molecule has 0 fully saturated rings. The molecule has 0 aliphatic heterocycles. The fourth-order valence-electron chi connectivity index (χ4n) is 2.27. The second-order valence-corrected chi connectivity index (χ2v) is 6.93. The molecule has 0 aliphatic rings. The minimum absolute atomic E-state index is 0.535. The first-order valence-electron chi connectivity index (χ1n) is 8.64. The van der Waals surface area contributed by atoms with Gasteiger partial charge in [0.1, 0.15) is 11.6 Å². The Morgan fingerprint density at radius 3 is 2.27 bits per heavy atom. The summed E-state index contributed by atoms with van der Waals surface area (Å²) in [7, 11) is 2.07. The predicted molar refractivity (Wildman–Crippen MR) is 99.3 cm³/mol. The molecule has 166 valence electrons. The number of esters is 2. The van der Waals surface area contributed by atoms with Crippen LogP contribution in [0.3, 0.4) is 0 Å². The SMILES string of the molecule is COC(=O)[C@H](C[C@H](Oc1cccc(F)c1[N+](=O)[O-])C(=O)OC)NC(=O)OC(C)(C)C. The topological polar surface area (TPSA) is 143 Å². The second-order valence-electron chi connectivity index (χ2n) is 6.93. The zero-order chi connectivity index (χ0) is 23.1. The number of carbonyl (C=O) groups is 3. The van der Waals surface area contributed by atoms with Crippen molar-refractivity contribution >= 4 is 23.7 Å². The molecule has 0 aliphatic carbocycles. The standard InChI is InChI=1S/C18H23FN2O9/c1-18(2,3)30-17(24)20-11(15(22)27-4)9-13(16(23)28-5)29-12-8-6-7-10(19)14(12)21(25)26/h6-8,11,13H,9H2,1-5H3,(H,20,24)/t11-,13-/m0/s1. The van der Waals surface area contributed by atoms with Crippen molar-refractivity contribution in [1.29, 1.82) is 0 Å². The Balaban J connectivity index is 3.16. The fourth-order valence-corrected chi connectivity index (χ4v) is 2.27. The summed E-state index contributed by atoms with van der Waals surface area (Å²) >= 11 is 0. The van der Waals surface area contributed by atoms with Crippen molar-refractivity contribution < 1.29 is 42.6 Å². The summed E-state index contributed by atoms with van der Waals surface area (Å²) in [5, 5.41) is 13.4. The van der Waals surface area contributed by atoms with Crippen LogP contribution in [0.2, 0.25) is 0 Å². The first kappa shape index (κ1) is 24.6. The lowest BCUT2D eigenvalue weighted by Gasteiger charge is -2.24. The number of halogens is 1. The molecule has 0 aromatic heterocycles. The van der Waals surface area contributed by atoms with Gasteiger partial charge in [-0.05, 0) is 32.9 Å². The Bertz CT molecular complexity index is 807. The van der Waals surface area contributed by atoms with Gasteiger partial charge in [-0.2, -0.15) is 4.39 Å². The van der Waals surface area contributed by atoms with E-state index in [0.717, 1.165) is 32.4 Å². The maximum absolute atomic E-state index is 13.8. The summed E-state index contributed by atoms with van der Waals surface area (Å²) in [4.78, 5) is 46.4. The van der Waals surface area contributed by atoms with Gasteiger partial charge in [0.25, 0.3) is 0 Å². The van der Waals surface area contributed by atoms with E-state index >= 15 is 0 Å². The summed E-state index contributed by atoms with van der Waals surface area (Å²) < 4.78 is 33.4. The molecule has 0 unspecified atom stereocenters. The number of nitro groups is 1. The van der Waals surface area contributed by atoms with E-state index < -0.39 is 64.4 Å². The van der Waals surface area contributed by atoms with Gasteiger partial charge in [-0.3, -0.25) is 10.1 Å². The molecule has 0 spiro atoms. The molecule has 1 aromatic carbocycles. The Kier molecular flexibility index (Phi) is 8.50. The molecular formula is C18H23FN2O9. The molecule has 0 bridgehead atoms. The number of hydrogen-bond donors (Lipinski definition) is 1. The number of para-hydroxylation sites is 1. The minimum Gasteiger partial charge on any atom is -0.471 e. The number of methoxy groups -OCH3 is 2. The zero-order valence-electron chi connectivity index (χ0n) is 17.1. The summed E-state index contributed by atoms with van der Waals surface area (Å²) in [6, 6.07) is 1.63. The first-order chi connectivity index (χ1) is 13.9. The number of alkyl carbamates (subject to hydrolysis) is 1. The van der Waals surface area contributed by atoms with Gasteiger partial charge in [0, 0.05) is 6.42 Å². The highest BCUT2D eigenvalue weighted by Crippen LogP contribution is 2.31. The Morgan fingerprint density at radius 2 is 1.77 bits per heavy atom. The van der Waals surface area contributed by atoms with Crippen LogP contribution < -0.4 is 10.1 Å². The average Bonchev–Trinajstić information content (AvgIpc) is 2.63.